The van der Waals surface area contributed by atoms with E-state index in [-0.39, 0.29) is 5.54 Å². The lowest BCUT2D eigenvalue weighted by Gasteiger charge is -2.40. The SMILES string of the molecule is CCCCCCCCN(CCC)C(C)(CC)CN. The predicted octanol–water partition coefficient (Wildman–Crippen LogP) is 4.19. The lowest BCUT2D eigenvalue weighted by Crippen LogP contribution is -2.51. The van der Waals surface area contributed by atoms with E-state index in [1.807, 2.05) is 0 Å². The minimum Gasteiger partial charge on any atom is -0.329 e. The molecule has 2 N–H and O–H groups in total. The maximum atomic E-state index is 5.98. The fraction of sp³-hybridized carbons (Fsp3) is 1.00. The van der Waals surface area contributed by atoms with Crippen molar-refractivity contribution < 1.29 is 0 Å². The molecule has 1 atom stereocenters. The molecule has 2 nitrogen and oxygen atoms in total. The highest BCUT2D eigenvalue weighted by atomic mass is 15.2. The number of unbranched alkanes of at least 4 members (excludes halogenated alkanes) is 5. The van der Waals surface area contributed by atoms with E-state index in [4.69, 9.17) is 5.73 Å². The van der Waals surface area contributed by atoms with Gasteiger partial charge in [-0.15, -0.1) is 0 Å². The van der Waals surface area contributed by atoms with Gasteiger partial charge in [0.25, 0.3) is 0 Å². The van der Waals surface area contributed by atoms with Crippen molar-refractivity contribution in [3.63, 3.8) is 0 Å². The summed E-state index contributed by atoms with van der Waals surface area (Å²) < 4.78 is 0. The van der Waals surface area contributed by atoms with Crippen LogP contribution in [0.1, 0.15) is 79.1 Å². The molecule has 0 aromatic heterocycles. The Hall–Kier alpha value is -0.0800. The van der Waals surface area contributed by atoms with Crippen LogP contribution in [0.15, 0.2) is 0 Å². The zero-order chi connectivity index (χ0) is 13.9. The van der Waals surface area contributed by atoms with Gasteiger partial charge in [-0.05, 0) is 39.3 Å². The van der Waals surface area contributed by atoms with Crippen molar-refractivity contribution in [3.05, 3.63) is 0 Å². The van der Waals surface area contributed by atoms with E-state index >= 15 is 0 Å². The fourth-order valence-electron chi connectivity index (χ4n) is 2.50. The molecule has 0 aliphatic carbocycles. The first-order valence-corrected chi connectivity index (χ1v) is 8.09. The summed E-state index contributed by atoms with van der Waals surface area (Å²) in [7, 11) is 0. The number of nitrogens with two attached hydrogens (primary N) is 1. The summed E-state index contributed by atoms with van der Waals surface area (Å²) >= 11 is 0. The molecule has 0 saturated heterocycles. The topological polar surface area (TPSA) is 29.3 Å². The Labute approximate surface area is 115 Å². The largest absolute Gasteiger partial charge is 0.329 e. The van der Waals surface area contributed by atoms with Gasteiger partial charge in [-0.2, -0.15) is 0 Å². The zero-order valence-electron chi connectivity index (χ0n) is 13.3. The van der Waals surface area contributed by atoms with Gasteiger partial charge in [0.05, 0.1) is 0 Å². The maximum absolute atomic E-state index is 5.98. The maximum Gasteiger partial charge on any atom is 0.0300 e. The van der Waals surface area contributed by atoms with Crippen LogP contribution in [0.4, 0.5) is 0 Å². The minimum absolute atomic E-state index is 0.208. The lowest BCUT2D eigenvalue weighted by molar-refractivity contribution is 0.103. The van der Waals surface area contributed by atoms with Crippen molar-refractivity contribution in [1.29, 1.82) is 0 Å². The van der Waals surface area contributed by atoms with Crippen LogP contribution in [-0.4, -0.2) is 30.1 Å². The van der Waals surface area contributed by atoms with E-state index in [1.165, 1.54) is 58.0 Å². The highest BCUT2D eigenvalue weighted by Gasteiger charge is 2.27. The number of hydrogen-bond acceptors (Lipinski definition) is 2. The molecule has 0 fully saturated rings. The van der Waals surface area contributed by atoms with E-state index in [0.717, 1.165) is 13.0 Å². The Morgan fingerprint density at radius 1 is 0.833 bits per heavy atom. The molecule has 0 spiro atoms. The van der Waals surface area contributed by atoms with Crippen LogP contribution in [-0.2, 0) is 0 Å². The van der Waals surface area contributed by atoms with Gasteiger partial charge in [-0.25, -0.2) is 0 Å². The van der Waals surface area contributed by atoms with Gasteiger partial charge in [0.2, 0.25) is 0 Å². The molecule has 18 heavy (non-hydrogen) atoms. The number of hydrogen-bond donors (Lipinski definition) is 1. The summed E-state index contributed by atoms with van der Waals surface area (Å²) in [6, 6.07) is 0. The Bertz CT molecular complexity index is 176. The Morgan fingerprint density at radius 3 is 1.94 bits per heavy atom. The normalized spacial score (nSPS) is 15.0. The molecule has 0 aromatic rings. The summed E-state index contributed by atoms with van der Waals surface area (Å²) in [4.78, 5) is 2.62. The van der Waals surface area contributed by atoms with Crippen molar-refractivity contribution in [2.45, 2.75) is 84.6 Å². The molecule has 0 aliphatic heterocycles. The Kier molecular flexibility index (Phi) is 10.8. The first-order chi connectivity index (χ1) is 8.64. The third kappa shape index (κ3) is 6.75. The van der Waals surface area contributed by atoms with E-state index in [1.54, 1.807) is 0 Å². The van der Waals surface area contributed by atoms with E-state index in [0.29, 0.717) is 0 Å². The average Bonchev–Trinajstić information content (AvgIpc) is 2.40. The molecule has 110 valence electrons. The molecule has 0 saturated carbocycles. The van der Waals surface area contributed by atoms with E-state index in [9.17, 15) is 0 Å². The molecule has 2 heteroatoms. The third-order valence-corrected chi connectivity index (χ3v) is 4.24. The van der Waals surface area contributed by atoms with Crippen LogP contribution in [0.2, 0.25) is 0 Å². The standard InChI is InChI=1S/C16H36N2/c1-5-8-9-10-11-12-14-18(13-6-2)16(4,7-3)15-17/h5-15,17H2,1-4H3. The molecule has 1 unspecified atom stereocenters. The molecule has 0 aliphatic rings. The minimum atomic E-state index is 0.208. The Balaban J connectivity index is 3.96. The summed E-state index contributed by atoms with van der Waals surface area (Å²) in [5.41, 5.74) is 6.18. The third-order valence-electron chi connectivity index (χ3n) is 4.24. The highest BCUT2D eigenvalue weighted by molar-refractivity contribution is 4.85. The second kappa shape index (κ2) is 10.8. The summed E-state index contributed by atoms with van der Waals surface area (Å²) in [6.07, 6.45) is 10.6. The number of nitrogens with zero attached hydrogens (tertiary/aromatic N) is 1. The highest BCUT2D eigenvalue weighted by Crippen LogP contribution is 2.19. The van der Waals surface area contributed by atoms with Crippen molar-refractivity contribution in [2.75, 3.05) is 19.6 Å². The van der Waals surface area contributed by atoms with Crippen LogP contribution in [0.5, 0.6) is 0 Å². The fourth-order valence-corrected chi connectivity index (χ4v) is 2.50. The second-order valence-electron chi connectivity index (χ2n) is 5.81. The zero-order valence-corrected chi connectivity index (χ0v) is 13.3. The lowest BCUT2D eigenvalue weighted by atomic mass is 9.95. The van der Waals surface area contributed by atoms with Gasteiger partial charge in [0.1, 0.15) is 0 Å². The van der Waals surface area contributed by atoms with Crippen LogP contribution >= 0.6 is 0 Å². The molecule has 0 bridgehead atoms. The molecule has 0 aromatic carbocycles. The van der Waals surface area contributed by atoms with Gasteiger partial charge in [-0.3, -0.25) is 4.90 Å². The van der Waals surface area contributed by atoms with Crippen molar-refractivity contribution in [1.82, 2.24) is 4.90 Å². The second-order valence-corrected chi connectivity index (χ2v) is 5.81. The summed E-state index contributed by atoms with van der Waals surface area (Å²) in [5, 5.41) is 0. The van der Waals surface area contributed by atoms with Gasteiger partial charge in [-0.1, -0.05) is 52.9 Å². The van der Waals surface area contributed by atoms with Gasteiger partial charge in [0, 0.05) is 12.1 Å². The van der Waals surface area contributed by atoms with E-state index < -0.39 is 0 Å². The van der Waals surface area contributed by atoms with Crippen molar-refractivity contribution in [3.8, 4) is 0 Å². The van der Waals surface area contributed by atoms with E-state index in [2.05, 4.69) is 32.6 Å². The summed E-state index contributed by atoms with van der Waals surface area (Å²) in [6.45, 7) is 12.3. The summed E-state index contributed by atoms with van der Waals surface area (Å²) in [5.74, 6) is 0. The van der Waals surface area contributed by atoms with Crippen LogP contribution in [0, 0.1) is 0 Å². The van der Waals surface area contributed by atoms with Crippen LogP contribution in [0.25, 0.3) is 0 Å². The first kappa shape index (κ1) is 17.9. The first-order valence-electron chi connectivity index (χ1n) is 8.09. The molecular weight excluding hydrogens is 220 g/mol. The predicted molar refractivity (Wildman–Crippen MR) is 83.0 cm³/mol. The van der Waals surface area contributed by atoms with Crippen LogP contribution < -0.4 is 5.73 Å². The number of rotatable bonds is 12. The molecule has 0 radical (unpaired) electrons. The molecule has 0 amide bonds. The van der Waals surface area contributed by atoms with Crippen molar-refractivity contribution in [2.24, 2.45) is 5.73 Å². The monoisotopic (exact) mass is 256 g/mol. The van der Waals surface area contributed by atoms with Gasteiger partial charge in [0.15, 0.2) is 0 Å². The molecule has 0 heterocycles. The molecule has 0 rings (SSSR count). The average molecular weight is 256 g/mol. The quantitative estimate of drug-likeness (QED) is 0.531. The smallest absolute Gasteiger partial charge is 0.0300 e. The van der Waals surface area contributed by atoms with Gasteiger partial charge >= 0.3 is 0 Å². The van der Waals surface area contributed by atoms with Crippen LogP contribution in [0.3, 0.4) is 0 Å². The molecular formula is C16H36N2. The Morgan fingerprint density at radius 2 is 1.44 bits per heavy atom. The van der Waals surface area contributed by atoms with Gasteiger partial charge < -0.3 is 5.73 Å². The van der Waals surface area contributed by atoms with Crippen molar-refractivity contribution >= 4 is 0 Å².